The van der Waals surface area contributed by atoms with E-state index in [1.807, 2.05) is 6.92 Å². The third kappa shape index (κ3) is 2.43. The number of nitrogens with one attached hydrogen (secondary N) is 2. The van der Waals surface area contributed by atoms with E-state index >= 15 is 0 Å². The molecule has 0 fully saturated rings. The molecule has 1 unspecified atom stereocenters. The zero-order valence-electron chi connectivity index (χ0n) is 8.41. The summed E-state index contributed by atoms with van der Waals surface area (Å²) in [6.07, 6.45) is 4.99. The Kier molecular flexibility index (Phi) is 3.26. The van der Waals surface area contributed by atoms with E-state index in [1.54, 1.807) is 12.4 Å². The van der Waals surface area contributed by atoms with Crippen molar-refractivity contribution in [2.24, 2.45) is 0 Å². The zero-order valence-corrected chi connectivity index (χ0v) is 9.92. The maximum absolute atomic E-state index is 5.93. The Morgan fingerprint density at radius 1 is 1.38 bits per heavy atom. The lowest BCUT2D eigenvalue weighted by Gasteiger charge is -2.13. The smallest absolute Gasteiger partial charge is 0.224 e. The van der Waals surface area contributed by atoms with E-state index in [0.29, 0.717) is 10.8 Å². The van der Waals surface area contributed by atoms with Crippen molar-refractivity contribution in [2.45, 2.75) is 13.0 Å². The summed E-state index contributed by atoms with van der Waals surface area (Å²) >= 11 is 11.6. The Hall–Kier alpha value is -1.33. The molecule has 84 valence electrons. The van der Waals surface area contributed by atoms with Gasteiger partial charge < -0.3 is 5.32 Å². The van der Waals surface area contributed by atoms with Gasteiger partial charge in [-0.1, -0.05) is 11.6 Å². The van der Waals surface area contributed by atoms with Crippen molar-refractivity contribution >= 4 is 29.0 Å². The third-order valence-corrected chi connectivity index (χ3v) is 2.55. The fourth-order valence-electron chi connectivity index (χ4n) is 1.23. The normalized spacial score (nSPS) is 12.4. The average Bonchev–Trinajstić information content (AvgIpc) is 2.76. The summed E-state index contributed by atoms with van der Waals surface area (Å²) in [6, 6.07) is 0.0298. The van der Waals surface area contributed by atoms with Crippen molar-refractivity contribution in [1.29, 1.82) is 0 Å². The largest absolute Gasteiger partial charge is 0.362 e. The van der Waals surface area contributed by atoms with Gasteiger partial charge >= 0.3 is 0 Å². The minimum atomic E-state index is 0.0298. The van der Waals surface area contributed by atoms with Crippen LogP contribution in [0.2, 0.25) is 10.3 Å². The summed E-state index contributed by atoms with van der Waals surface area (Å²) < 4.78 is 0. The highest BCUT2D eigenvalue weighted by atomic mass is 35.5. The highest BCUT2D eigenvalue weighted by Crippen LogP contribution is 2.24. The molecule has 16 heavy (non-hydrogen) atoms. The van der Waals surface area contributed by atoms with Crippen LogP contribution in [0.4, 0.5) is 5.82 Å². The first kappa shape index (κ1) is 11.2. The molecule has 2 heterocycles. The third-order valence-electron chi connectivity index (χ3n) is 2.09. The first-order chi connectivity index (χ1) is 7.66. The van der Waals surface area contributed by atoms with E-state index in [2.05, 4.69) is 25.5 Å². The molecule has 0 spiro atoms. The molecule has 0 saturated carbocycles. The first-order valence-corrected chi connectivity index (χ1v) is 5.35. The number of nitrogens with zero attached hydrogens (tertiary/aromatic N) is 3. The van der Waals surface area contributed by atoms with Crippen LogP contribution in [-0.2, 0) is 0 Å². The SMILES string of the molecule is CC(Nc1nc(Cl)ncc1Cl)c1cn[nH]c1. The lowest BCUT2D eigenvalue weighted by Crippen LogP contribution is -2.08. The second-order valence-electron chi connectivity index (χ2n) is 3.23. The van der Waals surface area contributed by atoms with Crippen molar-refractivity contribution in [2.75, 3.05) is 5.32 Å². The zero-order chi connectivity index (χ0) is 11.5. The molecule has 2 rings (SSSR count). The maximum Gasteiger partial charge on any atom is 0.224 e. The minimum Gasteiger partial charge on any atom is -0.362 e. The standard InChI is InChI=1S/C9H9Cl2N5/c1-5(6-2-13-14-3-6)15-8-7(10)4-12-9(11)16-8/h2-5H,1H3,(H,13,14)(H,12,15,16). The molecule has 0 amide bonds. The molecule has 0 aliphatic rings. The first-order valence-electron chi connectivity index (χ1n) is 4.60. The number of anilines is 1. The molecule has 2 aromatic heterocycles. The molecule has 0 aliphatic heterocycles. The van der Waals surface area contributed by atoms with E-state index in [1.165, 1.54) is 6.20 Å². The summed E-state index contributed by atoms with van der Waals surface area (Å²) in [7, 11) is 0. The molecule has 0 saturated heterocycles. The number of hydrogen-bond acceptors (Lipinski definition) is 4. The second-order valence-corrected chi connectivity index (χ2v) is 3.98. The lowest BCUT2D eigenvalue weighted by molar-refractivity contribution is 0.873. The monoisotopic (exact) mass is 257 g/mol. The van der Waals surface area contributed by atoms with Crippen LogP contribution in [0.3, 0.4) is 0 Å². The van der Waals surface area contributed by atoms with Crippen LogP contribution in [0.1, 0.15) is 18.5 Å². The highest BCUT2D eigenvalue weighted by molar-refractivity contribution is 6.33. The topological polar surface area (TPSA) is 66.5 Å². The van der Waals surface area contributed by atoms with Gasteiger partial charge in [0, 0.05) is 11.8 Å². The van der Waals surface area contributed by atoms with Gasteiger partial charge in [0.1, 0.15) is 10.8 Å². The van der Waals surface area contributed by atoms with Crippen LogP contribution in [0.15, 0.2) is 18.6 Å². The molecular weight excluding hydrogens is 249 g/mol. The van der Waals surface area contributed by atoms with Gasteiger partial charge in [0.05, 0.1) is 18.4 Å². The van der Waals surface area contributed by atoms with E-state index in [0.717, 1.165) is 5.56 Å². The Balaban J connectivity index is 2.17. The quantitative estimate of drug-likeness (QED) is 0.830. The van der Waals surface area contributed by atoms with Gasteiger partial charge in [-0.15, -0.1) is 0 Å². The molecule has 2 aromatic rings. The Morgan fingerprint density at radius 2 is 2.19 bits per heavy atom. The molecule has 0 radical (unpaired) electrons. The van der Waals surface area contributed by atoms with E-state index in [-0.39, 0.29) is 11.3 Å². The number of aromatic nitrogens is 4. The molecule has 0 bridgehead atoms. The summed E-state index contributed by atoms with van der Waals surface area (Å²) in [6.45, 7) is 1.97. The summed E-state index contributed by atoms with van der Waals surface area (Å²) in [5, 5.41) is 10.3. The predicted octanol–water partition coefficient (Wildman–Crippen LogP) is 2.68. The molecule has 0 aliphatic carbocycles. The number of halogens is 2. The van der Waals surface area contributed by atoms with Gasteiger partial charge in [-0.2, -0.15) is 10.1 Å². The Bertz CT molecular complexity index is 471. The van der Waals surface area contributed by atoms with Gasteiger partial charge in [-0.3, -0.25) is 5.10 Å². The summed E-state index contributed by atoms with van der Waals surface area (Å²) in [4.78, 5) is 7.78. The van der Waals surface area contributed by atoms with E-state index in [4.69, 9.17) is 23.2 Å². The minimum absolute atomic E-state index is 0.0298. The van der Waals surface area contributed by atoms with Crippen molar-refractivity contribution in [3.63, 3.8) is 0 Å². The molecular formula is C9H9Cl2N5. The van der Waals surface area contributed by atoms with E-state index in [9.17, 15) is 0 Å². The van der Waals surface area contributed by atoms with Crippen molar-refractivity contribution < 1.29 is 0 Å². The summed E-state index contributed by atoms with van der Waals surface area (Å²) in [5.41, 5.74) is 1.01. The van der Waals surface area contributed by atoms with Gasteiger partial charge in [-0.25, -0.2) is 4.98 Å². The van der Waals surface area contributed by atoms with Crippen LogP contribution in [0.25, 0.3) is 0 Å². The second kappa shape index (κ2) is 4.67. The molecule has 2 N–H and O–H groups in total. The van der Waals surface area contributed by atoms with Gasteiger partial charge in [0.25, 0.3) is 0 Å². The highest BCUT2D eigenvalue weighted by Gasteiger charge is 2.10. The van der Waals surface area contributed by atoms with Crippen LogP contribution in [0, 0.1) is 0 Å². The van der Waals surface area contributed by atoms with Crippen LogP contribution < -0.4 is 5.32 Å². The Labute approximate surface area is 102 Å². The number of aromatic amines is 1. The molecule has 0 aromatic carbocycles. The number of H-pyrrole nitrogens is 1. The fraction of sp³-hybridized carbons (Fsp3) is 0.222. The van der Waals surface area contributed by atoms with Crippen LogP contribution in [-0.4, -0.2) is 20.2 Å². The van der Waals surface area contributed by atoms with Gasteiger partial charge in [-0.05, 0) is 18.5 Å². The molecule has 5 nitrogen and oxygen atoms in total. The van der Waals surface area contributed by atoms with Gasteiger partial charge in [0.2, 0.25) is 5.28 Å². The lowest BCUT2D eigenvalue weighted by atomic mass is 10.2. The summed E-state index contributed by atoms with van der Waals surface area (Å²) in [5.74, 6) is 0.510. The number of hydrogen-bond donors (Lipinski definition) is 2. The van der Waals surface area contributed by atoms with Crippen molar-refractivity contribution in [1.82, 2.24) is 20.2 Å². The van der Waals surface area contributed by atoms with Crippen molar-refractivity contribution in [3.8, 4) is 0 Å². The predicted molar refractivity (Wildman–Crippen MR) is 62.7 cm³/mol. The fourth-order valence-corrected chi connectivity index (χ4v) is 1.51. The maximum atomic E-state index is 5.93. The number of rotatable bonds is 3. The average molecular weight is 258 g/mol. The van der Waals surface area contributed by atoms with Gasteiger partial charge in [0.15, 0.2) is 0 Å². The van der Waals surface area contributed by atoms with Crippen LogP contribution in [0.5, 0.6) is 0 Å². The molecule has 7 heteroatoms. The van der Waals surface area contributed by atoms with Crippen molar-refractivity contribution in [3.05, 3.63) is 34.5 Å². The molecule has 1 atom stereocenters. The Morgan fingerprint density at radius 3 is 2.88 bits per heavy atom. The van der Waals surface area contributed by atoms with Crippen LogP contribution >= 0.6 is 23.2 Å². The van der Waals surface area contributed by atoms with E-state index < -0.39 is 0 Å².